The summed E-state index contributed by atoms with van der Waals surface area (Å²) in [6.45, 7) is 0. The topological polar surface area (TPSA) is 20.3 Å². The first-order chi connectivity index (χ1) is 10.2. The monoisotopic (exact) mass is 273 g/mol. The van der Waals surface area contributed by atoms with Gasteiger partial charge in [0.05, 0.1) is 0 Å². The predicted molar refractivity (Wildman–Crippen MR) is 87.1 cm³/mol. The molecule has 0 aromatic heterocycles. The van der Waals surface area contributed by atoms with Crippen molar-refractivity contribution < 1.29 is 4.79 Å². The molecule has 102 valence electrons. The van der Waals surface area contributed by atoms with Gasteiger partial charge in [-0.05, 0) is 28.6 Å². The van der Waals surface area contributed by atoms with Gasteiger partial charge in [-0.3, -0.25) is 4.79 Å². The quantitative estimate of drug-likeness (QED) is 0.520. The molecule has 2 heteroatoms. The highest BCUT2D eigenvalue weighted by atomic mass is 16.1. The molecule has 3 aromatic rings. The summed E-state index contributed by atoms with van der Waals surface area (Å²) in [5.74, 6) is 0.126. The number of anilines is 1. The second-order valence-electron chi connectivity index (χ2n) is 5.67. The molecule has 1 aliphatic rings. The molecule has 1 aliphatic carbocycles. The number of rotatable bonds is 1. The SMILES string of the molecule is CN(C)c1cc2c3c(cccc3c1)C(=O)c1ccccc1-2. The molecule has 2 nitrogen and oxygen atoms in total. The summed E-state index contributed by atoms with van der Waals surface area (Å²) in [4.78, 5) is 14.8. The van der Waals surface area contributed by atoms with Gasteiger partial charge in [-0.25, -0.2) is 0 Å². The van der Waals surface area contributed by atoms with Crippen LogP contribution < -0.4 is 4.90 Å². The Labute approximate surface area is 123 Å². The van der Waals surface area contributed by atoms with E-state index in [1.54, 1.807) is 0 Å². The fraction of sp³-hybridized carbons (Fsp3) is 0.105. The van der Waals surface area contributed by atoms with Crippen molar-refractivity contribution >= 4 is 22.2 Å². The van der Waals surface area contributed by atoms with Crippen LogP contribution in [0.3, 0.4) is 0 Å². The molecule has 21 heavy (non-hydrogen) atoms. The summed E-state index contributed by atoms with van der Waals surface area (Å²) >= 11 is 0. The molecule has 0 bridgehead atoms. The first-order valence-electron chi connectivity index (χ1n) is 7.05. The summed E-state index contributed by atoms with van der Waals surface area (Å²) in [6.07, 6.45) is 0. The third-order valence-corrected chi connectivity index (χ3v) is 4.18. The Morgan fingerprint density at radius 2 is 1.48 bits per heavy atom. The summed E-state index contributed by atoms with van der Waals surface area (Å²) in [5.41, 5.74) is 4.95. The van der Waals surface area contributed by atoms with Gasteiger partial charge in [0.1, 0.15) is 0 Å². The zero-order chi connectivity index (χ0) is 14.6. The Morgan fingerprint density at radius 3 is 2.24 bits per heavy atom. The van der Waals surface area contributed by atoms with Gasteiger partial charge in [-0.15, -0.1) is 0 Å². The zero-order valence-corrected chi connectivity index (χ0v) is 12.1. The Morgan fingerprint density at radius 1 is 0.762 bits per heavy atom. The van der Waals surface area contributed by atoms with E-state index in [0.717, 1.165) is 38.7 Å². The third-order valence-electron chi connectivity index (χ3n) is 4.18. The molecule has 0 N–H and O–H groups in total. The molecule has 0 heterocycles. The molecular formula is C19H15NO. The van der Waals surface area contributed by atoms with Crippen LogP contribution in [-0.4, -0.2) is 19.9 Å². The lowest BCUT2D eigenvalue weighted by Gasteiger charge is -2.22. The largest absolute Gasteiger partial charge is 0.378 e. The Kier molecular flexibility index (Phi) is 2.43. The lowest BCUT2D eigenvalue weighted by atomic mass is 9.82. The van der Waals surface area contributed by atoms with E-state index in [2.05, 4.69) is 23.1 Å². The third kappa shape index (κ3) is 1.62. The van der Waals surface area contributed by atoms with E-state index < -0.39 is 0 Å². The van der Waals surface area contributed by atoms with Gasteiger partial charge in [0.15, 0.2) is 5.78 Å². The fourth-order valence-electron chi connectivity index (χ4n) is 3.13. The van der Waals surface area contributed by atoms with Crippen molar-refractivity contribution in [1.29, 1.82) is 0 Å². The molecule has 0 spiro atoms. The van der Waals surface area contributed by atoms with E-state index in [4.69, 9.17) is 0 Å². The summed E-state index contributed by atoms with van der Waals surface area (Å²) in [7, 11) is 4.08. The molecule has 0 fully saturated rings. The van der Waals surface area contributed by atoms with Crippen molar-refractivity contribution in [2.75, 3.05) is 19.0 Å². The molecule has 0 saturated heterocycles. The van der Waals surface area contributed by atoms with E-state index in [-0.39, 0.29) is 5.78 Å². The number of carbonyl (C=O) groups is 1. The summed E-state index contributed by atoms with van der Waals surface area (Å²) in [5, 5.41) is 2.20. The van der Waals surface area contributed by atoms with Crippen LogP contribution in [0, 0.1) is 0 Å². The standard InChI is InChI=1S/C19H15NO/c1-20(2)13-10-12-6-5-9-16-18(12)17(11-13)14-7-3-4-8-15(14)19(16)21/h3-11H,1-2H3. The molecular weight excluding hydrogens is 258 g/mol. The minimum absolute atomic E-state index is 0.126. The number of nitrogens with zero attached hydrogens (tertiary/aromatic N) is 1. The van der Waals surface area contributed by atoms with E-state index in [0.29, 0.717) is 0 Å². The molecule has 4 rings (SSSR count). The highest BCUT2D eigenvalue weighted by Crippen LogP contribution is 2.41. The van der Waals surface area contributed by atoms with Gasteiger partial charge in [-0.1, -0.05) is 42.5 Å². The van der Waals surface area contributed by atoms with Crippen LogP contribution in [0.5, 0.6) is 0 Å². The van der Waals surface area contributed by atoms with Crippen LogP contribution in [-0.2, 0) is 0 Å². The van der Waals surface area contributed by atoms with Crippen molar-refractivity contribution in [3.8, 4) is 11.1 Å². The number of fused-ring (bicyclic) bond motifs is 2. The fourth-order valence-corrected chi connectivity index (χ4v) is 3.13. The van der Waals surface area contributed by atoms with E-state index in [1.165, 1.54) is 0 Å². The Bertz CT molecular complexity index is 893. The first kappa shape index (κ1) is 12.2. The van der Waals surface area contributed by atoms with E-state index >= 15 is 0 Å². The van der Waals surface area contributed by atoms with Crippen molar-refractivity contribution in [2.24, 2.45) is 0 Å². The molecule has 3 aromatic carbocycles. The van der Waals surface area contributed by atoms with Gasteiger partial charge in [-0.2, -0.15) is 0 Å². The summed E-state index contributed by atoms with van der Waals surface area (Å²) in [6, 6.07) is 18.2. The maximum atomic E-state index is 12.7. The maximum absolute atomic E-state index is 12.7. The molecule has 0 aliphatic heterocycles. The zero-order valence-electron chi connectivity index (χ0n) is 12.1. The van der Waals surface area contributed by atoms with Crippen molar-refractivity contribution in [3.05, 3.63) is 65.7 Å². The average Bonchev–Trinajstić information content (AvgIpc) is 2.51. The number of benzene rings is 3. The smallest absolute Gasteiger partial charge is 0.194 e. The van der Waals surface area contributed by atoms with Crippen LogP contribution in [0.15, 0.2) is 54.6 Å². The highest BCUT2D eigenvalue weighted by Gasteiger charge is 2.25. The maximum Gasteiger partial charge on any atom is 0.194 e. The van der Waals surface area contributed by atoms with Gasteiger partial charge in [0.2, 0.25) is 0 Å². The minimum Gasteiger partial charge on any atom is -0.378 e. The normalized spacial score (nSPS) is 12.4. The van der Waals surface area contributed by atoms with Crippen molar-refractivity contribution in [2.45, 2.75) is 0 Å². The highest BCUT2D eigenvalue weighted by molar-refractivity contribution is 6.26. The second kappa shape index (κ2) is 4.19. The Balaban J connectivity index is 2.20. The minimum atomic E-state index is 0.126. The van der Waals surface area contributed by atoms with E-state index in [9.17, 15) is 4.79 Å². The van der Waals surface area contributed by atoms with Crippen LogP contribution in [0.25, 0.3) is 21.9 Å². The molecule has 0 unspecified atom stereocenters. The molecule has 0 amide bonds. The van der Waals surface area contributed by atoms with Crippen LogP contribution in [0.1, 0.15) is 15.9 Å². The van der Waals surface area contributed by atoms with Gasteiger partial charge in [0, 0.05) is 36.3 Å². The molecule has 0 saturated carbocycles. The lowest BCUT2D eigenvalue weighted by molar-refractivity contribution is 0.104. The number of carbonyl (C=O) groups excluding carboxylic acids is 1. The molecule has 0 atom stereocenters. The average molecular weight is 273 g/mol. The second-order valence-corrected chi connectivity index (χ2v) is 5.67. The Hall–Kier alpha value is -2.61. The molecule has 0 radical (unpaired) electrons. The van der Waals surface area contributed by atoms with Gasteiger partial charge in [0.25, 0.3) is 0 Å². The van der Waals surface area contributed by atoms with Crippen LogP contribution >= 0.6 is 0 Å². The van der Waals surface area contributed by atoms with Gasteiger partial charge >= 0.3 is 0 Å². The van der Waals surface area contributed by atoms with E-state index in [1.807, 2.05) is 50.5 Å². The summed E-state index contributed by atoms with van der Waals surface area (Å²) < 4.78 is 0. The number of hydrogen-bond acceptors (Lipinski definition) is 2. The van der Waals surface area contributed by atoms with Gasteiger partial charge < -0.3 is 4.90 Å². The lowest BCUT2D eigenvalue weighted by Crippen LogP contribution is -2.12. The van der Waals surface area contributed by atoms with Crippen LogP contribution in [0.2, 0.25) is 0 Å². The number of ketones is 1. The number of hydrogen-bond donors (Lipinski definition) is 0. The predicted octanol–water partition coefficient (Wildman–Crippen LogP) is 4.12. The van der Waals surface area contributed by atoms with Crippen molar-refractivity contribution in [3.63, 3.8) is 0 Å². The van der Waals surface area contributed by atoms with Crippen molar-refractivity contribution in [1.82, 2.24) is 0 Å². The first-order valence-corrected chi connectivity index (χ1v) is 7.05. The van der Waals surface area contributed by atoms with Crippen LogP contribution in [0.4, 0.5) is 5.69 Å².